The van der Waals surface area contributed by atoms with Crippen LogP contribution in [0, 0.1) is 11.3 Å². The molecule has 0 heterocycles. The molecule has 0 atom stereocenters. The van der Waals surface area contributed by atoms with Gasteiger partial charge in [-0.25, -0.2) is 0 Å². The molecule has 1 aromatic rings. The molecule has 17 heavy (non-hydrogen) atoms. The van der Waals surface area contributed by atoms with Gasteiger partial charge in [0.15, 0.2) is 0 Å². The van der Waals surface area contributed by atoms with E-state index in [1.54, 1.807) is 6.92 Å². The summed E-state index contributed by atoms with van der Waals surface area (Å²) in [6.45, 7) is 0.686. The summed E-state index contributed by atoms with van der Waals surface area (Å²) >= 11 is 0. The van der Waals surface area contributed by atoms with Crippen molar-refractivity contribution in [3.05, 3.63) is 23.8 Å². The molecule has 0 aliphatic carbocycles. The predicted molar refractivity (Wildman–Crippen MR) is 59.5 cm³/mol. The van der Waals surface area contributed by atoms with Gasteiger partial charge < -0.3 is 10.6 Å². The minimum Gasteiger partial charge on any atom is -0.396 e. The number of nitrogen functional groups attached to an aromatic ring is 1. The molecule has 0 saturated carbocycles. The van der Waals surface area contributed by atoms with Crippen molar-refractivity contribution in [1.82, 2.24) is 0 Å². The molecule has 0 unspecified atom stereocenters. The van der Waals surface area contributed by atoms with Gasteiger partial charge in [-0.2, -0.15) is 18.4 Å². The Morgan fingerprint density at radius 2 is 2.06 bits per heavy atom. The van der Waals surface area contributed by atoms with E-state index >= 15 is 0 Å². The fourth-order valence-electron chi connectivity index (χ4n) is 1.51. The average Bonchev–Trinajstić information content (AvgIpc) is 2.25. The van der Waals surface area contributed by atoms with E-state index in [0.29, 0.717) is 0 Å². The molecule has 0 spiro atoms. The summed E-state index contributed by atoms with van der Waals surface area (Å²) in [5.41, 5.74) is 6.17. The van der Waals surface area contributed by atoms with Crippen LogP contribution in [0.1, 0.15) is 12.5 Å². The van der Waals surface area contributed by atoms with E-state index in [-0.39, 0.29) is 23.5 Å². The van der Waals surface area contributed by atoms with Crippen LogP contribution in [0.25, 0.3) is 0 Å². The Balaban J connectivity index is 3.09. The largest absolute Gasteiger partial charge is 0.405 e. The lowest BCUT2D eigenvalue weighted by Gasteiger charge is -2.25. The summed E-state index contributed by atoms with van der Waals surface area (Å²) in [5.74, 6) is 0. The Labute approximate surface area is 97.2 Å². The van der Waals surface area contributed by atoms with Crippen LogP contribution >= 0.6 is 0 Å². The quantitative estimate of drug-likeness (QED) is 0.830. The molecular formula is C11H12F3N3. The van der Waals surface area contributed by atoms with Crippen LogP contribution in [0.4, 0.5) is 24.5 Å². The van der Waals surface area contributed by atoms with Gasteiger partial charge in [-0.05, 0) is 19.1 Å². The number of alkyl halides is 3. The van der Waals surface area contributed by atoms with Gasteiger partial charge in [-0.1, -0.05) is 6.07 Å². The highest BCUT2D eigenvalue weighted by Crippen LogP contribution is 2.28. The molecule has 1 rings (SSSR count). The Morgan fingerprint density at radius 3 is 2.53 bits per heavy atom. The van der Waals surface area contributed by atoms with Crippen LogP contribution in [0.2, 0.25) is 0 Å². The Hall–Kier alpha value is -1.90. The number of halogens is 3. The Kier molecular flexibility index (Phi) is 3.84. The minimum absolute atomic E-state index is 0.0844. The molecule has 2 N–H and O–H groups in total. The predicted octanol–water partition coefficient (Wildman–Crippen LogP) is 2.53. The molecule has 0 amide bonds. The van der Waals surface area contributed by atoms with E-state index in [1.807, 2.05) is 6.07 Å². The lowest BCUT2D eigenvalue weighted by molar-refractivity contribution is -0.119. The number of nitrogens with two attached hydrogens (primary N) is 1. The highest BCUT2D eigenvalue weighted by atomic mass is 19.4. The lowest BCUT2D eigenvalue weighted by atomic mass is 10.1. The number of nitriles is 1. The maximum atomic E-state index is 12.3. The maximum absolute atomic E-state index is 12.3. The van der Waals surface area contributed by atoms with Crippen LogP contribution in [-0.2, 0) is 0 Å². The second-order valence-corrected chi connectivity index (χ2v) is 3.48. The van der Waals surface area contributed by atoms with Gasteiger partial charge in [0.2, 0.25) is 0 Å². The molecule has 92 valence electrons. The van der Waals surface area contributed by atoms with Gasteiger partial charge in [0.1, 0.15) is 12.6 Å². The fraction of sp³-hybridized carbons (Fsp3) is 0.364. The normalized spacial score (nSPS) is 11.0. The van der Waals surface area contributed by atoms with Crippen molar-refractivity contribution in [2.45, 2.75) is 13.1 Å². The highest BCUT2D eigenvalue weighted by molar-refractivity contribution is 5.73. The number of para-hydroxylation sites is 1. The molecule has 0 aliphatic heterocycles. The van der Waals surface area contributed by atoms with E-state index in [9.17, 15) is 13.2 Å². The lowest BCUT2D eigenvalue weighted by Crippen LogP contribution is -2.34. The van der Waals surface area contributed by atoms with Gasteiger partial charge in [-0.15, -0.1) is 0 Å². The molecule has 0 aromatic heterocycles. The van der Waals surface area contributed by atoms with Crippen molar-refractivity contribution < 1.29 is 13.2 Å². The van der Waals surface area contributed by atoms with E-state index in [4.69, 9.17) is 11.0 Å². The number of hydrogen-bond acceptors (Lipinski definition) is 3. The maximum Gasteiger partial charge on any atom is 0.405 e. The molecule has 0 fully saturated rings. The SMILES string of the molecule is CCN(CC(F)(F)F)c1cccc(C#N)c1N. The highest BCUT2D eigenvalue weighted by Gasteiger charge is 2.31. The Morgan fingerprint density at radius 1 is 1.41 bits per heavy atom. The molecular weight excluding hydrogens is 231 g/mol. The summed E-state index contributed by atoms with van der Waals surface area (Å²) in [7, 11) is 0. The van der Waals surface area contributed by atoms with Gasteiger partial charge in [0.05, 0.1) is 16.9 Å². The van der Waals surface area contributed by atoms with Crippen LogP contribution in [0.5, 0.6) is 0 Å². The zero-order valence-electron chi connectivity index (χ0n) is 9.25. The first kappa shape index (κ1) is 13.2. The molecule has 3 nitrogen and oxygen atoms in total. The van der Waals surface area contributed by atoms with Crippen molar-refractivity contribution in [1.29, 1.82) is 5.26 Å². The molecule has 0 bridgehead atoms. The van der Waals surface area contributed by atoms with E-state index in [2.05, 4.69) is 0 Å². The molecule has 1 aromatic carbocycles. The third kappa shape index (κ3) is 3.28. The van der Waals surface area contributed by atoms with Gasteiger partial charge in [0, 0.05) is 6.54 Å². The number of hydrogen-bond donors (Lipinski definition) is 1. The smallest absolute Gasteiger partial charge is 0.396 e. The second-order valence-electron chi connectivity index (χ2n) is 3.48. The molecule has 0 radical (unpaired) electrons. The number of anilines is 2. The summed E-state index contributed by atoms with van der Waals surface area (Å²) in [6.07, 6.45) is -4.30. The van der Waals surface area contributed by atoms with Crippen molar-refractivity contribution in [2.24, 2.45) is 0 Å². The van der Waals surface area contributed by atoms with Gasteiger partial charge in [0.25, 0.3) is 0 Å². The van der Waals surface area contributed by atoms with Crippen molar-refractivity contribution in [2.75, 3.05) is 23.7 Å². The van der Waals surface area contributed by atoms with E-state index in [0.717, 1.165) is 4.90 Å². The second kappa shape index (κ2) is 4.95. The van der Waals surface area contributed by atoms with Crippen LogP contribution < -0.4 is 10.6 Å². The Bertz CT molecular complexity index is 435. The summed E-state index contributed by atoms with van der Waals surface area (Å²) in [5, 5.41) is 8.76. The van der Waals surface area contributed by atoms with Crippen molar-refractivity contribution in [3.8, 4) is 6.07 Å². The zero-order chi connectivity index (χ0) is 13.1. The van der Waals surface area contributed by atoms with E-state index in [1.165, 1.54) is 18.2 Å². The third-order valence-electron chi connectivity index (χ3n) is 2.30. The molecule has 6 heteroatoms. The van der Waals surface area contributed by atoms with E-state index < -0.39 is 12.7 Å². The summed E-state index contributed by atoms with van der Waals surface area (Å²) in [6, 6.07) is 6.31. The monoisotopic (exact) mass is 243 g/mol. The first-order valence-corrected chi connectivity index (χ1v) is 4.99. The van der Waals surface area contributed by atoms with Gasteiger partial charge in [-0.3, -0.25) is 0 Å². The number of rotatable bonds is 3. The number of nitrogens with zero attached hydrogens (tertiary/aromatic N) is 2. The third-order valence-corrected chi connectivity index (χ3v) is 2.30. The first-order chi connectivity index (χ1) is 7.89. The fourth-order valence-corrected chi connectivity index (χ4v) is 1.51. The topological polar surface area (TPSA) is 53.0 Å². The minimum atomic E-state index is -4.30. The van der Waals surface area contributed by atoms with Crippen LogP contribution in [0.3, 0.4) is 0 Å². The average molecular weight is 243 g/mol. The summed E-state index contributed by atoms with van der Waals surface area (Å²) < 4.78 is 37.0. The van der Waals surface area contributed by atoms with Crippen molar-refractivity contribution in [3.63, 3.8) is 0 Å². The zero-order valence-corrected chi connectivity index (χ0v) is 9.25. The molecule has 0 aliphatic rings. The van der Waals surface area contributed by atoms with Crippen LogP contribution in [-0.4, -0.2) is 19.3 Å². The summed E-state index contributed by atoms with van der Waals surface area (Å²) in [4.78, 5) is 1.09. The van der Waals surface area contributed by atoms with Crippen LogP contribution in [0.15, 0.2) is 18.2 Å². The van der Waals surface area contributed by atoms with Crippen molar-refractivity contribution >= 4 is 11.4 Å². The standard InChI is InChI=1S/C11H12F3N3/c1-2-17(7-11(12,13)14)9-5-3-4-8(6-15)10(9)16/h3-5H,2,7,16H2,1H3. The molecule has 0 saturated heterocycles. The number of benzene rings is 1. The van der Waals surface area contributed by atoms with Gasteiger partial charge >= 0.3 is 6.18 Å². The first-order valence-electron chi connectivity index (χ1n) is 4.99.